The summed E-state index contributed by atoms with van der Waals surface area (Å²) in [5.41, 5.74) is 2.86. The van der Waals surface area contributed by atoms with Crippen molar-refractivity contribution in [2.75, 3.05) is 26.2 Å². The number of nitrogens with one attached hydrogen (secondary N) is 3. The summed E-state index contributed by atoms with van der Waals surface area (Å²) >= 11 is 3.37. The van der Waals surface area contributed by atoms with E-state index in [9.17, 15) is 4.79 Å². The molecule has 0 fully saturated rings. The summed E-state index contributed by atoms with van der Waals surface area (Å²) in [5, 5.41) is 13.8. The second kappa shape index (κ2) is 11.5. The Hall–Kier alpha value is -2.35. The van der Waals surface area contributed by atoms with E-state index >= 15 is 0 Å². The molecular formula is C20H29BrN6O. The Kier molecular flexibility index (Phi) is 9.00. The zero-order valence-corrected chi connectivity index (χ0v) is 18.3. The first-order chi connectivity index (χ1) is 13.5. The Morgan fingerprint density at radius 1 is 1.14 bits per heavy atom. The van der Waals surface area contributed by atoms with Gasteiger partial charge in [-0.2, -0.15) is 5.10 Å². The molecule has 0 saturated carbocycles. The predicted molar refractivity (Wildman–Crippen MR) is 117 cm³/mol. The third-order valence-electron chi connectivity index (χ3n) is 4.05. The van der Waals surface area contributed by atoms with Gasteiger partial charge in [-0.25, -0.2) is 0 Å². The highest BCUT2D eigenvalue weighted by Crippen LogP contribution is 2.10. The number of carbonyl (C=O) groups is 1. The minimum atomic E-state index is -0.0823. The van der Waals surface area contributed by atoms with Crippen molar-refractivity contribution in [2.24, 2.45) is 4.99 Å². The van der Waals surface area contributed by atoms with Crippen LogP contribution >= 0.6 is 15.9 Å². The fourth-order valence-electron chi connectivity index (χ4n) is 2.71. The zero-order chi connectivity index (χ0) is 20.4. The van der Waals surface area contributed by atoms with E-state index in [0.717, 1.165) is 35.6 Å². The van der Waals surface area contributed by atoms with E-state index in [2.05, 4.69) is 55.0 Å². The molecule has 1 aromatic carbocycles. The third kappa shape index (κ3) is 7.34. The van der Waals surface area contributed by atoms with Gasteiger partial charge in [-0.05, 0) is 57.5 Å². The quantitative estimate of drug-likeness (QED) is 0.312. The molecule has 1 heterocycles. The predicted octanol–water partition coefficient (Wildman–Crippen LogP) is 2.64. The molecule has 0 unspecified atom stereocenters. The lowest BCUT2D eigenvalue weighted by molar-refractivity contribution is 0.0954. The Balaban J connectivity index is 1.71. The SMILES string of the molecule is CCNC(=NCCCn1nc(C)cc1C)NCCNC(=O)c1ccc(Br)cc1. The number of aryl methyl sites for hydroxylation is 3. The molecule has 0 aliphatic rings. The number of amides is 1. The highest BCUT2D eigenvalue weighted by molar-refractivity contribution is 9.10. The Bertz CT molecular complexity index is 784. The molecule has 0 saturated heterocycles. The summed E-state index contributed by atoms with van der Waals surface area (Å²) in [4.78, 5) is 16.7. The van der Waals surface area contributed by atoms with Gasteiger partial charge in [0.25, 0.3) is 5.91 Å². The minimum Gasteiger partial charge on any atom is -0.357 e. The van der Waals surface area contributed by atoms with Crippen molar-refractivity contribution < 1.29 is 4.79 Å². The molecule has 3 N–H and O–H groups in total. The molecule has 8 heteroatoms. The number of hydrogen-bond acceptors (Lipinski definition) is 3. The van der Waals surface area contributed by atoms with Crippen LogP contribution in [0.4, 0.5) is 0 Å². The number of halogens is 1. The molecule has 1 amide bonds. The standard InChI is InChI=1S/C20H29BrN6O/c1-4-22-20(24-10-5-13-27-16(3)14-15(2)26-27)25-12-11-23-19(28)17-6-8-18(21)9-7-17/h6-9,14H,4-5,10-13H2,1-3H3,(H,23,28)(H2,22,24,25). The lowest BCUT2D eigenvalue weighted by Gasteiger charge is -2.12. The molecule has 28 heavy (non-hydrogen) atoms. The van der Waals surface area contributed by atoms with Gasteiger partial charge in [0.2, 0.25) is 0 Å². The molecule has 0 spiro atoms. The van der Waals surface area contributed by atoms with Crippen molar-refractivity contribution in [1.82, 2.24) is 25.7 Å². The second-order valence-electron chi connectivity index (χ2n) is 6.45. The van der Waals surface area contributed by atoms with Crippen molar-refractivity contribution in [1.29, 1.82) is 0 Å². The number of rotatable bonds is 9. The van der Waals surface area contributed by atoms with Crippen molar-refractivity contribution in [3.8, 4) is 0 Å². The zero-order valence-electron chi connectivity index (χ0n) is 16.8. The minimum absolute atomic E-state index is 0.0823. The van der Waals surface area contributed by atoms with Crippen LogP contribution in [0.5, 0.6) is 0 Å². The average molecular weight is 449 g/mol. The molecule has 2 aromatic rings. The first-order valence-electron chi connectivity index (χ1n) is 9.56. The highest BCUT2D eigenvalue weighted by atomic mass is 79.9. The number of aromatic nitrogens is 2. The van der Waals surface area contributed by atoms with Crippen LogP contribution in [0, 0.1) is 13.8 Å². The number of nitrogens with zero attached hydrogens (tertiary/aromatic N) is 3. The van der Waals surface area contributed by atoms with Crippen LogP contribution < -0.4 is 16.0 Å². The van der Waals surface area contributed by atoms with E-state index in [0.29, 0.717) is 25.2 Å². The first kappa shape index (κ1) is 21.9. The maximum absolute atomic E-state index is 12.1. The van der Waals surface area contributed by atoms with Gasteiger partial charge >= 0.3 is 0 Å². The van der Waals surface area contributed by atoms with Crippen LogP contribution in [0.3, 0.4) is 0 Å². The molecule has 2 rings (SSSR count). The smallest absolute Gasteiger partial charge is 0.251 e. The summed E-state index contributed by atoms with van der Waals surface area (Å²) in [5.74, 6) is 0.676. The topological polar surface area (TPSA) is 83.3 Å². The highest BCUT2D eigenvalue weighted by Gasteiger charge is 2.04. The van der Waals surface area contributed by atoms with Crippen LogP contribution in [-0.2, 0) is 6.54 Å². The van der Waals surface area contributed by atoms with Crippen LogP contribution in [0.15, 0.2) is 39.8 Å². The van der Waals surface area contributed by atoms with E-state index in [1.807, 2.05) is 30.7 Å². The molecule has 7 nitrogen and oxygen atoms in total. The normalized spacial score (nSPS) is 11.4. The summed E-state index contributed by atoms with van der Waals surface area (Å²) in [6, 6.07) is 9.38. The molecule has 152 valence electrons. The number of carbonyl (C=O) groups excluding carboxylic acids is 1. The van der Waals surface area contributed by atoms with E-state index in [1.165, 1.54) is 5.69 Å². The van der Waals surface area contributed by atoms with Crippen molar-refractivity contribution in [3.63, 3.8) is 0 Å². The van der Waals surface area contributed by atoms with Crippen LogP contribution in [0.2, 0.25) is 0 Å². The van der Waals surface area contributed by atoms with Crippen LogP contribution in [0.1, 0.15) is 35.1 Å². The lowest BCUT2D eigenvalue weighted by atomic mass is 10.2. The van der Waals surface area contributed by atoms with E-state index in [4.69, 9.17) is 0 Å². The van der Waals surface area contributed by atoms with Gasteiger partial charge in [-0.3, -0.25) is 14.5 Å². The van der Waals surface area contributed by atoms with Crippen molar-refractivity contribution >= 4 is 27.8 Å². The van der Waals surface area contributed by atoms with E-state index in [-0.39, 0.29) is 5.91 Å². The van der Waals surface area contributed by atoms with Crippen LogP contribution in [0.25, 0.3) is 0 Å². The number of aliphatic imine (C=N–C) groups is 1. The van der Waals surface area contributed by atoms with Crippen molar-refractivity contribution in [2.45, 2.75) is 33.7 Å². The fourth-order valence-corrected chi connectivity index (χ4v) is 2.98. The second-order valence-corrected chi connectivity index (χ2v) is 7.37. The largest absolute Gasteiger partial charge is 0.357 e. The molecule has 0 aliphatic carbocycles. The van der Waals surface area contributed by atoms with Crippen molar-refractivity contribution in [3.05, 3.63) is 51.8 Å². The van der Waals surface area contributed by atoms with Gasteiger partial charge in [-0.1, -0.05) is 15.9 Å². The lowest BCUT2D eigenvalue weighted by Crippen LogP contribution is -2.41. The molecule has 0 aliphatic heterocycles. The average Bonchev–Trinajstić information content (AvgIpc) is 2.99. The van der Waals surface area contributed by atoms with Gasteiger partial charge in [0.05, 0.1) is 5.69 Å². The molecule has 0 atom stereocenters. The summed E-state index contributed by atoms with van der Waals surface area (Å²) in [6.07, 6.45) is 0.916. The third-order valence-corrected chi connectivity index (χ3v) is 4.58. The Morgan fingerprint density at radius 2 is 1.86 bits per heavy atom. The number of hydrogen-bond donors (Lipinski definition) is 3. The number of guanidine groups is 1. The maximum atomic E-state index is 12.1. The first-order valence-corrected chi connectivity index (χ1v) is 10.4. The summed E-state index contributed by atoms with van der Waals surface area (Å²) in [6.45, 7) is 9.57. The van der Waals surface area contributed by atoms with Gasteiger partial charge < -0.3 is 16.0 Å². The summed E-state index contributed by atoms with van der Waals surface area (Å²) < 4.78 is 2.97. The number of benzene rings is 1. The van der Waals surface area contributed by atoms with Gasteiger partial charge in [0.15, 0.2) is 5.96 Å². The summed E-state index contributed by atoms with van der Waals surface area (Å²) in [7, 11) is 0. The van der Waals surface area contributed by atoms with Gasteiger partial charge in [0, 0.05) is 48.5 Å². The molecule has 0 bridgehead atoms. The van der Waals surface area contributed by atoms with Gasteiger partial charge in [0.1, 0.15) is 0 Å². The molecular weight excluding hydrogens is 420 g/mol. The Labute approximate surface area is 175 Å². The monoisotopic (exact) mass is 448 g/mol. The van der Waals surface area contributed by atoms with E-state index < -0.39 is 0 Å². The maximum Gasteiger partial charge on any atom is 0.251 e. The Morgan fingerprint density at radius 3 is 2.50 bits per heavy atom. The molecule has 1 aromatic heterocycles. The van der Waals surface area contributed by atoms with E-state index in [1.54, 1.807) is 12.1 Å². The van der Waals surface area contributed by atoms with Gasteiger partial charge in [-0.15, -0.1) is 0 Å². The fraction of sp³-hybridized carbons (Fsp3) is 0.450. The van der Waals surface area contributed by atoms with Crippen LogP contribution in [-0.4, -0.2) is 47.8 Å². The molecule has 0 radical (unpaired) electrons.